The molecule has 2 aromatic rings. The highest BCUT2D eigenvalue weighted by molar-refractivity contribution is 6.08. The van der Waals surface area contributed by atoms with Gasteiger partial charge in [-0.25, -0.2) is 0 Å². The Morgan fingerprint density at radius 1 is 0.826 bits per heavy atom. The molecule has 3 nitrogen and oxygen atoms in total. The fourth-order valence-corrected chi connectivity index (χ4v) is 2.07. The minimum atomic E-state index is 0. The first-order valence-electron chi connectivity index (χ1n) is 7.15. The molecule has 0 aliphatic rings. The number of ketones is 1. The Morgan fingerprint density at radius 2 is 1.26 bits per heavy atom. The van der Waals surface area contributed by atoms with E-state index in [1.165, 1.54) is 5.56 Å². The number of carbonyl (C=O) groups excluding carboxylic acids is 1. The number of hydrogen-bond donors (Lipinski definition) is 1. The minimum Gasteiger partial charge on any atom is -1.00 e. The maximum absolute atomic E-state index is 12.2. The molecule has 0 heterocycles. The predicted molar refractivity (Wildman–Crippen MR) is 86.9 cm³/mol. The highest BCUT2D eigenvalue weighted by atomic mass is 35.5. The summed E-state index contributed by atoms with van der Waals surface area (Å²) >= 11 is 0. The van der Waals surface area contributed by atoms with Crippen molar-refractivity contribution >= 4 is 5.78 Å². The van der Waals surface area contributed by atoms with E-state index in [1.807, 2.05) is 54.6 Å². The standard InChI is InChI=1S/C17H20NO.CH5N.2ClH/c1-18(2,3)13-14-9-11-16(12-10-14)17(19)15-7-5-4-6-8-15;1-2;;/h4-12H,13H2,1-3H3;2H2,1H3;2*1H/q+1;;;/p-1. The van der Waals surface area contributed by atoms with Crippen LogP contribution in [0.25, 0.3) is 0 Å². The molecular weight excluding hydrogens is 331 g/mol. The van der Waals surface area contributed by atoms with Crippen LogP contribution in [-0.4, -0.2) is 38.5 Å². The zero-order valence-corrected chi connectivity index (χ0v) is 15.7. The first kappa shape index (κ1) is 23.9. The van der Waals surface area contributed by atoms with E-state index in [-0.39, 0.29) is 30.6 Å². The summed E-state index contributed by atoms with van der Waals surface area (Å²) in [5.74, 6) is 0.0809. The molecule has 0 aliphatic heterocycles. The zero-order chi connectivity index (χ0) is 15.9. The van der Waals surface area contributed by atoms with Crippen molar-refractivity contribution in [1.82, 2.24) is 0 Å². The van der Waals surface area contributed by atoms with Crippen molar-refractivity contribution in [3.05, 3.63) is 71.3 Å². The van der Waals surface area contributed by atoms with Gasteiger partial charge in [0.2, 0.25) is 0 Å². The summed E-state index contributed by atoms with van der Waals surface area (Å²) in [6, 6.07) is 17.3. The third-order valence-corrected chi connectivity index (χ3v) is 2.91. The van der Waals surface area contributed by atoms with Gasteiger partial charge in [-0.15, -0.1) is 0 Å². The van der Waals surface area contributed by atoms with Gasteiger partial charge in [-0.1, -0.05) is 54.6 Å². The lowest BCUT2D eigenvalue weighted by molar-refractivity contribution is -0.884. The van der Waals surface area contributed by atoms with Crippen LogP contribution in [0.5, 0.6) is 0 Å². The average Bonchev–Trinajstić information content (AvgIpc) is 2.49. The second-order valence-electron chi connectivity index (χ2n) is 5.84. The number of quaternary nitrogens is 2. The Morgan fingerprint density at radius 3 is 1.70 bits per heavy atom. The van der Waals surface area contributed by atoms with Crippen molar-refractivity contribution in [1.29, 1.82) is 0 Å². The normalized spacial score (nSPS) is 9.61. The number of hydrogen-bond acceptors (Lipinski definition) is 1. The van der Waals surface area contributed by atoms with E-state index in [0.717, 1.165) is 22.2 Å². The Balaban J connectivity index is 0. The van der Waals surface area contributed by atoms with E-state index >= 15 is 0 Å². The summed E-state index contributed by atoms with van der Waals surface area (Å²) in [7, 11) is 8.22. The van der Waals surface area contributed by atoms with Crippen molar-refractivity contribution in [2.24, 2.45) is 0 Å². The van der Waals surface area contributed by atoms with Gasteiger partial charge < -0.3 is 35.0 Å². The van der Waals surface area contributed by atoms with Crippen LogP contribution in [-0.2, 0) is 6.54 Å². The topological polar surface area (TPSA) is 44.7 Å². The molecular formula is C18H26Cl2N2O. The molecule has 0 radical (unpaired) electrons. The fourth-order valence-electron chi connectivity index (χ4n) is 2.07. The van der Waals surface area contributed by atoms with Crippen LogP contribution in [0.3, 0.4) is 0 Å². The van der Waals surface area contributed by atoms with E-state index in [2.05, 4.69) is 26.9 Å². The van der Waals surface area contributed by atoms with Gasteiger partial charge in [-0.2, -0.15) is 0 Å². The van der Waals surface area contributed by atoms with Crippen molar-refractivity contribution in [2.75, 3.05) is 28.2 Å². The number of benzene rings is 2. The highest BCUT2D eigenvalue weighted by Crippen LogP contribution is 2.13. The van der Waals surface area contributed by atoms with Crippen LogP contribution in [0.1, 0.15) is 21.5 Å². The summed E-state index contributed by atoms with van der Waals surface area (Å²) in [6.07, 6.45) is 0. The molecule has 0 spiro atoms. The highest BCUT2D eigenvalue weighted by Gasteiger charge is 2.11. The maximum atomic E-state index is 12.2. The third kappa shape index (κ3) is 8.14. The van der Waals surface area contributed by atoms with Crippen LogP contribution in [0, 0.1) is 0 Å². The van der Waals surface area contributed by atoms with Gasteiger partial charge in [0.05, 0.1) is 28.2 Å². The molecule has 3 N–H and O–H groups in total. The van der Waals surface area contributed by atoms with Crippen LogP contribution >= 0.6 is 0 Å². The molecule has 23 heavy (non-hydrogen) atoms. The van der Waals surface area contributed by atoms with Gasteiger partial charge in [0.1, 0.15) is 6.54 Å². The smallest absolute Gasteiger partial charge is 0.193 e. The van der Waals surface area contributed by atoms with Gasteiger partial charge >= 0.3 is 0 Å². The summed E-state index contributed by atoms with van der Waals surface area (Å²) < 4.78 is 0.881. The van der Waals surface area contributed by atoms with E-state index in [0.29, 0.717) is 0 Å². The molecule has 0 amide bonds. The van der Waals surface area contributed by atoms with E-state index in [9.17, 15) is 4.79 Å². The maximum Gasteiger partial charge on any atom is 0.193 e. The molecule has 0 unspecified atom stereocenters. The predicted octanol–water partition coefficient (Wildman–Crippen LogP) is -4.01. The Labute approximate surface area is 151 Å². The first-order valence-corrected chi connectivity index (χ1v) is 7.15. The second-order valence-corrected chi connectivity index (χ2v) is 5.84. The Hall–Kier alpha value is -1.39. The summed E-state index contributed by atoms with van der Waals surface area (Å²) in [5, 5.41) is 0. The molecule has 0 saturated heterocycles. The molecule has 128 valence electrons. The lowest BCUT2D eigenvalue weighted by Gasteiger charge is -2.23. The van der Waals surface area contributed by atoms with Crippen LogP contribution in [0.2, 0.25) is 0 Å². The number of nitrogens with zero attached hydrogens (tertiary/aromatic N) is 1. The van der Waals surface area contributed by atoms with Crippen molar-refractivity contribution in [3.8, 4) is 0 Å². The molecule has 0 atom stereocenters. The largest absolute Gasteiger partial charge is 1.00 e. The number of halogens is 2. The van der Waals surface area contributed by atoms with E-state index in [1.54, 1.807) is 7.05 Å². The summed E-state index contributed by atoms with van der Waals surface area (Å²) in [6.45, 7) is 0.958. The third-order valence-electron chi connectivity index (χ3n) is 2.91. The number of carbonyl (C=O) groups is 1. The molecule has 2 aromatic carbocycles. The quantitative estimate of drug-likeness (QED) is 0.440. The van der Waals surface area contributed by atoms with Crippen LogP contribution < -0.4 is 30.5 Å². The van der Waals surface area contributed by atoms with Gasteiger partial charge in [-0.05, 0) is 0 Å². The van der Waals surface area contributed by atoms with Crippen molar-refractivity contribution in [3.63, 3.8) is 0 Å². The Bertz CT molecular complexity index is 564. The molecule has 0 aliphatic carbocycles. The molecule has 0 bridgehead atoms. The van der Waals surface area contributed by atoms with Gasteiger partial charge in [0.25, 0.3) is 0 Å². The van der Waals surface area contributed by atoms with E-state index in [4.69, 9.17) is 0 Å². The SMILES string of the molecule is C[N+](C)(C)Cc1ccc(C(=O)c2ccccc2)cc1.C[NH3+].[Cl-].[Cl-]. The summed E-state index contributed by atoms with van der Waals surface area (Å²) in [5.41, 5.74) is 5.98. The molecule has 0 fully saturated rings. The lowest BCUT2D eigenvalue weighted by atomic mass is 10.0. The van der Waals surface area contributed by atoms with Gasteiger partial charge in [0.15, 0.2) is 5.78 Å². The van der Waals surface area contributed by atoms with Crippen molar-refractivity contribution < 1.29 is 39.8 Å². The molecule has 5 heteroatoms. The van der Waals surface area contributed by atoms with Crippen molar-refractivity contribution in [2.45, 2.75) is 6.54 Å². The molecule has 0 saturated carbocycles. The van der Waals surface area contributed by atoms with Crippen LogP contribution in [0.4, 0.5) is 0 Å². The Kier molecular flexibility index (Phi) is 11.6. The molecule has 0 aromatic heterocycles. The first-order chi connectivity index (χ1) is 9.96. The number of rotatable bonds is 4. The average molecular weight is 357 g/mol. The summed E-state index contributed by atoms with van der Waals surface area (Å²) in [4.78, 5) is 12.2. The molecule has 2 rings (SSSR count). The van der Waals surface area contributed by atoms with Gasteiger partial charge in [-0.3, -0.25) is 4.79 Å². The lowest BCUT2D eigenvalue weighted by Crippen LogP contribution is -3.00. The zero-order valence-electron chi connectivity index (χ0n) is 14.2. The monoisotopic (exact) mass is 356 g/mol. The van der Waals surface area contributed by atoms with Gasteiger partial charge in [0, 0.05) is 16.7 Å². The van der Waals surface area contributed by atoms with E-state index < -0.39 is 0 Å². The fraction of sp³-hybridized carbons (Fsp3) is 0.278. The minimum absolute atomic E-state index is 0. The second kappa shape index (κ2) is 11.2. The van der Waals surface area contributed by atoms with Crippen LogP contribution in [0.15, 0.2) is 54.6 Å².